The van der Waals surface area contributed by atoms with Gasteiger partial charge < -0.3 is 4.52 Å². The number of rotatable bonds is 1. The molecule has 54 valence electrons. The zero-order valence-electron chi connectivity index (χ0n) is 5.95. The molecule has 2 nitrogen and oxygen atoms in total. The number of fused-ring (bicyclic) bond motifs is 1. The molecule has 0 saturated carbocycles. The minimum Gasteiger partial charge on any atom is -0.356 e. The highest BCUT2D eigenvalue weighted by atomic mass is 16.5. The van der Waals surface area contributed by atoms with E-state index in [2.05, 4.69) is 11.7 Å². The van der Waals surface area contributed by atoms with Crippen molar-refractivity contribution in [2.45, 2.75) is 0 Å². The van der Waals surface area contributed by atoms with Crippen molar-refractivity contribution in [3.8, 4) is 0 Å². The second kappa shape index (κ2) is 2.23. The zero-order valence-corrected chi connectivity index (χ0v) is 5.95. The van der Waals surface area contributed by atoms with Crippen molar-refractivity contribution in [3.05, 3.63) is 36.5 Å². The second-order valence-electron chi connectivity index (χ2n) is 2.30. The predicted octanol–water partition coefficient (Wildman–Crippen LogP) is 2.47. The summed E-state index contributed by atoms with van der Waals surface area (Å²) in [6.45, 7) is 3.67. The van der Waals surface area contributed by atoms with Gasteiger partial charge in [-0.2, -0.15) is 0 Å². The molecule has 2 aromatic rings. The monoisotopic (exact) mass is 145 g/mol. The maximum atomic E-state index is 5.02. The molecule has 0 bridgehead atoms. The lowest BCUT2D eigenvalue weighted by Gasteiger charge is -1.90. The van der Waals surface area contributed by atoms with Gasteiger partial charge in [-0.05, 0) is 6.07 Å². The Morgan fingerprint density at radius 3 is 3.18 bits per heavy atom. The van der Waals surface area contributed by atoms with Gasteiger partial charge in [-0.15, -0.1) is 0 Å². The third-order valence-corrected chi connectivity index (χ3v) is 1.63. The molecule has 1 aromatic heterocycles. The first-order valence-electron chi connectivity index (χ1n) is 3.37. The van der Waals surface area contributed by atoms with Crippen LogP contribution >= 0.6 is 0 Å². The average molecular weight is 145 g/mol. The summed E-state index contributed by atoms with van der Waals surface area (Å²) in [5.74, 6) is 0. The van der Waals surface area contributed by atoms with E-state index in [1.54, 1.807) is 12.3 Å². The van der Waals surface area contributed by atoms with Crippen molar-refractivity contribution in [1.82, 2.24) is 5.16 Å². The largest absolute Gasteiger partial charge is 0.356 e. The van der Waals surface area contributed by atoms with Crippen LogP contribution in [0.25, 0.3) is 17.0 Å². The fourth-order valence-corrected chi connectivity index (χ4v) is 1.08. The molecule has 0 aliphatic carbocycles. The van der Waals surface area contributed by atoms with Gasteiger partial charge in [0.25, 0.3) is 0 Å². The van der Waals surface area contributed by atoms with E-state index in [1.807, 2.05) is 18.2 Å². The van der Waals surface area contributed by atoms with Gasteiger partial charge in [0.1, 0.15) is 0 Å². The van der Waals surface area contributed by atoms with Crippen LogP contribution in [0.15, 0.2) is 35.5 Å². The van der Waals surface area contributed by atoms with Gasteiger partial charge in [0.2, 0.25) is 0 Å². The SMILES string of the molecule is C=Cc1cccc2cnoc12. The maximum absolute atomic E-state index is 5.02. The van der Waals surface area contributed by atoms with Gasteiger partial charge in [-0.25, -0.2) is 0 Å². The summed E-state index contributed by atoms with van der Waals surface area (Å²) in [7, 11) is 0. The van der Waals surface area contributed by atoms with Gasteiger partial charge in [-0.1, -0.05) is 29.9 Å². The molecule has 2 rings (SSSR count). The molecule has 0 saturated heterocycles. The molecular weight excluding hydrogens is 138 g/mol. The number of aromatic nitrogens is 1. The van der Waals surface area contributed by atoms with Gasteiger partial charge in [-0.3, -0.25) is 0 Å². The molecule has 0 aliphatic heterocycles. The first kappa shape index (κ1) is 6.16. The van der Waals surface area contributed by atoms with Crippen LogP contribution < -0.4 is 0 Å². The Bertz CT molecular complexity index is 389. The lowest BCUT2D eigenvalue weighted by Crippen LogP contribution is -1.70. The Labute approximate surface area is 64.1 Å². The number of nitrogens with zero attached hydrogens (tertiary/aromatic N) is 1. The normalized spacial score (nSPS) is 10.2. The smallest absolute Gasteiger partial charge is 0.174 e. The van der Waals surface area contributed by atoms with Crippen molar-refractivity contribution >= 4 is 17.0 Å². The molecular formula is C9H7NO. The van der Waals surface area contributed by atoms with Crippen LogP contribution in [0.2, 0.25) is 0 Å². The second-order valence-corrected chi connectivity index (χ2v) is 2.30. The van der Waals surface area contributed by atoms with E-state index >= 15 is 0 Å². The fourth-order valence-electron chi connectivity index (χ4n) is 1.08. The van der Waals surface area contributed by atoms with E-state index < -0.39 is 0 Å². The molecule has 0 fully saturated rings. The molecule has 0 amide bonds. The summed E-state index contributed by atoms with van der Waals surface area (Å²) < 4.78 is 5.02. The summed E-state index contributed by atoms with van der Waals surface area (Å²) in [5, 5.41) is 4.70. The molecule has 0 atom stereocenters. The number of para-hydroxylation sites is 1. The van der Waals surface area contributed by atoms with Crippen LogP contribution in [-0.2, 0) is 0 Å². The summed E-state index contributed by atoms with van der Waals surface area (Å²) in [5.41, 5.74) is 1.79. The number of hydrogen-bond acceptors (Lipinski definition) is 2. The Kier molecular flexibility index (Phi) is 1.25. The Morgan fingerprint density at radius 1 is 1.45 bits per heavy atom. The van der Waals surface area contributed by atoms with E-state index in [1.165, 1.54) is 0 Å². The number of benzene rings is 1. The van der Waals surface area contributed by atoms with Gasteiger partial charge in [0, 0.05) is 10.9 Å². The minimum atomic E-state index is 0.808. The van der Waals surface area contributed by atoms with E-state index in [-0.39, 0.29) is 0 Å². The van der Waals surface area contributed by atoms with Crippen LogP contribution in [0.1, 0.15) is 5.56 Å². The van der Waals surface area contributed by atoms with Crippen molar-refractivity contribution < 1.29 is 4.52 Å². The lowest BCUT2D eigenvalue weighted by atomic mass is 10.2. The average Bonchev–Trinajstić information content (AvgIpc) is 2.50. The van der Waals surface area contributed by atoms with Crippen LogP contribution in [0.3, 0.4) is 0 Å². The summed E-state index contributed by atoms with van der Waals surface area (Å²) in [4.78, 5) is 0. The predicted molar refractivity (Wildman–Crippen MR) is 44.1 cm³/mol. The number of hydrogen-bond donors (Lipinski definition) is 0. The highest BCUT2D eigenvalue weighted by Crippen LogP contribution is 2.18. The van der Waals surface area contributed by atoms with Gasteiger partial charge in [0.05, 0.1) is 6.20 Å². The van der Waals surface area contributed by atoms with Crippen LogP contribution in [0, 0.1) is 0 Å². The zero-order chi connectivity index (χ0) is 7.68. The van der Waals surface area contributed by atoms with Crippen molar-refractivity contribution in [2.75, 3.05) is 0 Å². The maximum Gasteiger partial charge on any atom is 0.174 e. The Hall–Kier alpha value is -1.57. The molecule has 1 aromatic carbocycles. The fraction of sp³-hybridized carbons (Fsp3) is 0. The Morgan fingerprint density at radius 2 is 2.36 bits per heavy atom. The van der Waals surface area contributed by atoms with Crippen LogP contribution in [0.5, 0.6) is 0 Å². The topological polar surface area (TPSA) is 26.0 Å². The molecule has 0 unspecified atom stereocenters. The summed E-state index contributed by atoms with van der Waals surface area (Å²) in [6, 6.07) is 5.86. The molecule has 1 heterocycles. The molecule has 2 heteroatoms. The van der Waals surface area contributed by atoms with E-state index in [4.69, 9.17) is 4.52 Å². The summed E-state index contributed by atoms with van der Waals surface area (Å²) >= 11 is 0. The van der Waals surface area contributed by atoms with Gasteiger partial charge in [0.15, 0.2) is 5.58 Å². The van der Waals surface area contributed by atoms with Crippen molar-refractivity contribution in [3.63, 3.8) is 0 Å². The van der Waals surface area contributed by atoms with Crippen molar-refractivity contribution in [1.29, 1.82) is 0 Å². The molecule has 0 N–H and O–H groups in total. The third-order valence-electron chi connectivity index (χ3n) is 1.63. The Balaban J connectivity index is 2.88. The quantitative estimate of drug-likeness (QED) is 0.616. The van der Waals surface area contributed by atoms with E-state index in [0.29, 0.717) is 0 Å². The van der Waals surface area contributed by atoms with Gasteiger partial charge >= 0.3 is 0 Å². The lowest BCUT2D eigenvalue weighted by molar-refractivity contribution is 0.456. The highest BCUT2D eigenvalue weighted by molar-refractivity contribution is 5.84. The molecule has 0 spiro atoms. The molecule has 11 heavy (non-hydrogen) atoms. The first-order chi connectivity index (χ1) is 5.42. The highest BCUT2D eigenvalue weighted by Gasteiger charge is 1.99. The van der Waals surface area contributed by atoms with E-state index in [0.717, 1.165) is 16.5 Å². The standard InChI is InChI=1S/C9H7NO/c1-2-7-4-3-5-8-6-10-11-9(7)8/h2-6H,1H2. The molecule has 0 radical (unpaired) electrons. The van der Waals surface area contributed by atoms with E-state index in [9.17, 15) is 0 Å². The minimum absolute atomic E-state index is 0.808. The molecule has 0 aliphatic rings. The third kappa shape index (κ3) is 0.835. The summed E-state index contributed by atoms with van der Waals surface area (Å²) in [6.07, 6.45) is 3.45. The van der Waals surface area contributed by atoms with Crippen LogP contribution in [0.4, 0.5) is 0 Å². The van der Waals surface area contributed by atoms with Crippen molar-refractivity contribution in [2.24, 2.45) is 0 Å². The van der Waals surface area contributed by atoms with Crippen LogP contribution in [-0.4, -0.2) is 5.16 Å². The first-order valence-corrected chi connectivity index (χ1v) is 3.37.